The number of hydrogen-bond acceptors (Lipinski definition) is 11. The van der Waals surface area contributed by atoms with Gasteiger partial charge >= 0.3 is 5.97 Å². The molecule has 1 fully saturated rings. The summed E-state index contributed by atoms with van der Waals surface area (Å²) in [7, 11) is -0.873. The summed E-state index contributed by atoms with van der Waals surface area (Å²) < 4.78 is 42.7. The van der Waals surface area contributed by atoms with E-state index in [0.717, 1.165) is 47.1 Å². The molecular formula is C35H36N4O8S2. The van der Waals surface area contributed by atoms with Crippen LogP contribution in [0, 0.1) is 5.92 Å². The fourth-order valence-corrected chi connectivity index (χ4v) is 8.58. The van der Waals surface area contributed by atoms with Crippen LogP contribution >= 0.6 is 11.3 Å². The van der Waals surface area contributed by atoms with E-state index in [1.165, 1.54) is 48.8 Å². The van der Waals surface area contributed by atoms with Crippen molar-refractivity contribution in [3.63, 3.8) is 0 Å². The van der Waals surface area contributed by atoms with Gasteiger partial charge in [-0.2, -0.15) is 0 Å². The van der Waals surface area contributed by atoms with E-state index in [9.17, 15) is 22.8 Å². The Morgan fingerprint density at radius 2 is 1.86 bits per heavy atom. The molecule has 2 aliphatic rings. The number of sulfone groups is 1. The Balaban J connectivity index is 1.00. The van der Waals surface area contributed by atoms with E-state index in [4.69, 9.17) is 14.2 Å². The van der Waals surface area contributed by atoms with Gasteiger partial charge < -0.3 is 24.8 Å². The Morgan fingerprint density at radius 1 is 1.06 bits per heavy atom. The van der Waals surface area contributed by atoms with Crippen LogP contribution in [0.4, 0.5) is 5.69 Å². The molecule has 3 aromatic carbocycles. The van der Waals surface area contributed by atoms with Gasteiger partial charge in [-0.3, -0.25) is 19.3 Å². The molecule has 12 nitrogen and oxygen atoms in total. The van der Waals surface area contributed by atoms with Crippen LogP contribution in [0.5, 0.6) is 5.75 Å². The Hall–Kier alpha value is -4.63. The van der Waals surface area contributed by atoms with Crippen LogP contribution in [0.3, 0.4) is 0 Å². The summed E-state index contributed by atoms with van der Waals surface area (Å²) in [4.78, 5) is 45.3. The first-order valence-corrected chi connectivity index (χ1v) is 18.0. The number of benzene rings is 3. The summed E-state index contributed by atoms with van der Waals surface area (Å²) in [5, 5.41) is 6.25. The van der Waals surface area contributed by atoms with Crippen molar-refractivity contribution in [2.24, 2.45) is 5.92 Å². The van der Waals surface area contributed by atoms with E-state index in [-0.39, 0.29) is 45.2 Å². The Bertz CT molecular complexity index is 1960. The molecule has 1 unspecified atom stereocenters. The van der Waals surface area contributed by atoms with Crippen LogP contribution in [0.25, 0.3) is 10.6 Å². The first kappa shape index (κ1) is 34.2. The van der Waals surface area contributed by atoms with Crippen LogP contribution in [0.1, 0.15) is 38.4 Å². The zero-order valence-corrected chi connectivity index (χ0v) is 28.6. The number of amides is 2. The summed E-state index contributed by atoms with van der Waals surface area (Å²) in [5.74, 6) is -0.165. The van der Waals surface area contributed by atoms with Crippen molar-refractivity contribution in [3.05, 3.63) is 88.9 Å². The molecule has 256 valence electrons. The van der Waals surface area contributed by atoms with E-state index in [1.807, 2.05) is 24.3 Å². The highest BCUT2D eigenvalue weighted by atomic mass is 32.2. The largest absolute Gasteiger partial charge is 0.494 e. The fourth-order valence-electron chi connectivity index (χ4n) is 6.13. The number of nitrogens with zero attached hydrogens (tertiary/aromatic N) is 2. The van der Waals surface area contributed by atoms with Gasteiger partial charge in [0, 0.05) is 42.4 Å². The van der Waals surface area contributed by atoms with Crippen molar-refractivity contribution in [2.75, 3.05) is 45.8 Å². The summed E-state index contributed by atoms with van der Waals surface area (Å²) in [6.07, 6.45) is 3.18. The topological polar surface area (TPSA) is 153 Å². The van der Waals surface area contributed by atoms with Gasteiger partial charge in [-0.05, 0) is 73.4 Å². The molecule has 1 aromatic heterocycles. The molecule has 4 aromatic rings. The highest BCUT2D eigenvalue weighted by Crippen LogP contribution is 2.34. The molecule has 2 atom stereocenters. The Morgan fingerprint density at radius 3 is 2.63 bits per heavy atom. The Kier molecular flexibility index (Phi) is 10.4. The van der Waals surface area contributed by atoms with Gasteiger partial charge in [-0.25, -0.2) is 13.4 Å². The second-order valence-corrected chi connectivity index (χ2v) is 14.8. The lowest BCUT2D eigenvalue weighted by Crippen LogP contribution is -2.37. The van der Waals surface area contributed by atoms with Crippen LogP contribution in [-0.4, -0.2) is 82.7 Å². The highest BCUT2D eigenvalue weighted by Gasteiger charge is 2.37. The second kappa shape index (κ2) is 14.9. The summed E-state index contributed by atoms with van der Waals surface area (Å²) >= 11 is 1.44. The third-order valence-electron chi connectivity index (χ3n) is 8.50. The maximum Gasteiger partial charge on any atom is 0.323 e. The van der Waals surface area contributed by atoms with E-state index in [1.54, 1.807) is 25.4 Å². The molecule has 0 aliphatic carbocycles. The third-order valence-corrected chi connectivity index (χ3v) is 11.4. The Labute approximate surface area is 288 Å². The fraction of sp³-hybridized carbons (Fsp3) is 0.314. The first-order valence-electron chi connectivity index (χ1n) is 15.7. The summed E-state index contributed by atoms with van der Waals surface area (Å²) in [6, 6.07) is 17.5. The number of hydrogen-bond donors (Lipinski definition) is 2. The number of nitrogens with one attached hydrogen (secondary N) is 2. The molecule has 2 N–H and O–H groups in total. The molecule has 14 heteroatoms. The summed E-state index contributed by atoms with van der Waals surface area (Å²) in [6.45, 7) is 2.84. The predicted molar refractivity (Wildman–Crippen MR) is 182 cm³/mol. The van der Waals surface area contributed by atoms with E-state index in [0.29, 0.717) is 19.1 Å². The van der Waals surface area contributed by atoms with Crippen molar-refractivity contribution >= 4 is 44.6 Å². The molecule has 6 rings (SSSR count). The quantitative estimate of drug-likeness (QED) is 0.160. The first-order chi connectivity index (χ1) is 23.7. The van der Waals surface area contributed by atoms with Crippen molar-refractivity contribution in [1.29, 1.82) is 0 Å². The van der Waals surface area contributed by atoms with Crippen LogP contribution in [0.15, 0.2) is 82.7 Å². The van der Waals surface area contributed by atoms with Gasteiger partial charge in [0.2, 0.25) is 9.84 Å². The lowest BCUT2D eigenvalue weighted by atomic mass is 10.1. The van der Waals surface area contributed by atoms with Crippen LogP contribution < -0.4 is 15.4 Å². The maximum absolute atomic E-state index is 13.2. The lowest BCUT2D eigenvalue weighted by molar-refractivity contribution is -0.145. The number of carbonyl (C=O) groups is 3. The van der Waals surface area contributed by atoms with Gasteiger partial charge in [-0.15, -0.1) is 11.3 Å². The predicted octanol–water partition coefficient (Wildman–Crippen LogP) is 4.42. The van der Waals surface area contributed by atoms with Crippen molar-refractivity contribution in [3.8, 4) is 16.3 Å². The minimum absolute atomic E-state index is 0.0501. The molecule has 0 radical (unpaired) electrons. The van der Waals surface area contributed by atoms with E-state index < -0.39 is 21.7 Å². The number of carbonyl (C=O) groups excluding carboxylic acids is 3. The maximum atomic E-state index is 13.2. The molecule has 2 amide bonds. The zero-order chi connectivity index (χ0) is 34.5. The molecule has 0 spiro atoms. The molecule has 0 saturated carbocycles. The number of anilines is 1. The zero-order valence-electron chi connectivity index (χ0n) is 27.0. The SMILES string of the molecule is COCC1C[C@@H](C(=O)OC)N(CCCOc2ccc(-c3ncc(CNC(=O)c4ccc5c(c4)NC(=O)c4ccccc4S5(=O)=O)s3)cc2)C1. The van der Waals surface area contributed by atoms with Gasteiger partial charge in [0.25, 0.3) is 11.8 Å². The normalized spacial score (nSPS) is 18.1. The van der Waals surface area contributed by atoms with Crippen LogP contribution in [0.2, 0.25) is 0 Å². The number of thiazole rings is 1. The van der Waals surface area contributed by atoms with Crippen molar-refractivity contribution in [1.82, 2.24) is 15.2 Å². The minimum Gasteiger partial charge on any atom is -0.494 e. The molecule has 2 aliphatic heterocycles. The average Bonchev–Trinajstić information content (AvgIpc) is 3.74. The minimum atomic E-state index is -3.96. The number of ether oxygens (including phenoxy) is 3. The number of fused-ring (bicyclic) bond motifs is 2. The van der Waals surface area contributed by atoms with Crippen molar-refractivity contribution in [2.45, 2.75) is 35.2 Å². The standard InChI is InChI=1S/C35H36N4O8S2/c1-45-21-22-16-29(35(42)46-2)39(20-22)14-5-15-47-25-11-8-23(9-12-25)34-37-19-26(48-34)18-36-32(40)24-10-13-31-28(17-24)38-33(41)27-6-3-4-7-30(27)49(31,43)44/h3-4,6-13,17,19,22,29H,5,14-16,18,20-21H2,1-2H3,(H,36,40)(H,38,41)/t22?,29-/m0/s1. The number of rotatable bonds is 12. The number of methoxy groups -OCH3 is 2. The average molecular weight is 705 g/mol. The van der Waals surface area contributed by atoms with Crippen LogP contribution in [-0.2, 0) is 30.7 Å². The van der Waals surface area contributed by atoms with Gasteiger partial charge in [-0.1, -0.05) is 12.1 Å². The number of esters is 1. The lowest BCUT2D eigenvalue weighted by Gasteiger charge is -2.22. The molecule has 0 bridgehead atoms. The monoisotopic (exact) mass is 704 g/mol. The summed E-state index contributed by atoms with van der Waals surface area (Å²) in [5.41, 5.74) is 1.21. The van der Waals surface area contributed by atoms with E-state index in [2.05, 4.69) is 20.5 Å². The second-order valence-electron chi connectivity index (χ2n) is 11.8. The van der Waals surface area contributed by atoms with Gasteiger partial charge in [0.15, 0.2) is 0 Å². The van der Waals surface area contributed by atoms with Crippen molar-refractivity contribution < 1.29 is 37.0 Å². The smallest absolute Gasteiger partial charge is 0.323 e. The highest BCUT2D eigenvalue weighted by molar-refractivity contribution is 7.91. The number of aromatic nitrogens is 1. The molecule has 49 heavy (non-hydrogen) atoms. The third kappa shape index (κ3) is 7.52. The van der Waals surface area contributed by atoms with E-state index >= 15 is 0 Å². The molecule has 1 saturated heterocycles. The number of likely N-dealkylation sites (tertiary alicyclic amines) is 1. The van der Waals surface area contributed by atoms with Gasteiger partial charge in [0.05, 0.1) is 47.9 Å². The van der Waals surface area contributed by atoms with Gasteiger partial charge in [0.1, 0.15) is 16.8 Å². The molecular weight excluding hydrogens is 669 g/mol. The molecule has 3 heterocycles.